The van der Waals surface area contributed by atoms with Crippen molar-refractivity contribution >= 4 is 11.8 Å². The van der Waals surface area contributed by atoms with Gasteiger partial charge in [-0.15, -0.1) is 0 Å². The number of hydrogen-bond donors (Lipinski definition) is 1. The molecule has 2 atom stereocenters. The predicted octanol–water partition coefficient (Wildman–Crippen LogP) is 0.465. The van der Waals surface area contributed by atoms with E-state index in [2.05, 4.69) is 17.1 Å². The van der Waals surface area contributed by atoms with Crippen molar-refractivity contribution in [3.05, 3.63) is 24.2 Å². The highest BCUT2D eigenvalue weighted by Crippen LogP contribution is 2.20. The summed E-state index contributed by atoms with van der Waals surface area (Å²) in [6.45, 7) is 6.88. The molecule has 3 rings (SSSR count). The Morgan fingerprint density at radius 2 is 2.21 bits per heavy atom. The number of rotatable bonds is 6. The number of nitrogens with zero attached hydrogens (tertiary/aromatic N) is 2. The third-order valence-corrected chi connectivity index (χ3v) is 4.75. The topological polar surface area (TPSA) is 75.0 Å². The van der Waals surface area contributed by atoms with Crippen LogP contribution >= 0.6 is 0 Å². The molecule has 2 fully saturated rings. The summed E-state index contributed by atoms with van der Waals surface area (Å²) in [5, 5.41) is 3.00. The minimum atomic E-state index is -0.274. The molecule has 0 aliphatic carbocycles. The highest BCUT2D eigenvalue weighted by molar-refractivity contribution is 5.89. The van der Waals surface area contributed by atoms with Crippen LogP contribution in [0.4, 0.5) is 0 Å². The predicted molar refractivity (Wildman–Crippen MR) is 87.1 cm³/mol. The summed E-state index contributed by atoms with van der Waals surface area (Å²) in [5.41, 5.74) is 0. The zero-order valence-corrected chi connectivity index (χ0v) is 14.1. The van der Waals surface area contributed by atoms with Gasteiger partial charge in [-0.25, -0.2) is 0 Å². The van der Waals surface area contributed by atoms with Gasteiger partial charge in [-0.05, 0) is 19.1 Å². The van der Waals surface area contributed by atoms with E-state index in [0.717, 1.165) is 32.1 Å². The summed E-state index contributed by atoms with van der Waals surface area (Å²) >= 11 is 0. The van der Waals surface area contributed by atoms with Gasteiger partial charge in [-0.3, -0.25) is 14.5 Å². The summed E-state index contributed by atoms with van der Waals surface area (Å²) in [5.74, 6) is 0.438. The van der Waals surface area contributed by atoms with Crippen LogP contribution in [0.2, 0.25) is 0 Å². The normalized spacial score (nSPS) is 23.5. The van der Waals surface area contributed by atoms with Gasteiger partial charge in [0.25, 0.3) is 0 Å². The molecule has 0 radical (unpaired) electrons. The first kappa shape index (κ1) is 17.0. The molecule has 0 saturated carbocycles. The number of hydrogen-bond acceptors (Lipinski definition) is 5. The second-order valence-electron chi connectivity index (χ2n) is 6.50. The van der Waals surface area contributed by atoms with Gasteiger partial charge in [0.15, 0.2) is 0 Å². The van der Waals surface area contributed by atoms with Gasteiger partial charge in [0.2, 0.25) is 11.8 Å². The number of nitrogens with one attached hydrogen (secondary N) is 1. The maximum atomic E-state index is 12.4. The van der Waals surface area contributed by atoms with Crippen molar-refractivity contribution in [2.24, 2.45) is 5.92 Å². The van der Waals surface area contributed by atoms with Crippen molar-refractivity contribution in [2.45, 2.75) is 25.9 Å². The lowest BCUT2D eigenvalue weighted by molar-refractivity contribution is -0.129. The number of ether oxygens (including phenoxy) is 1. The molecule has 0 spiro atoms. The number of amides is 2. The van der Waals surface area contributed by atoms with Crippen LogP contribution in [0.1, 0.15) is 19.1 Å². The van der Waals surface area contributed by atoms with Crippen LogP contribution in [0.5, 0.6) is 0 Å². The Morgan fingerprint density at radius 1 is 1.42 bits per heavy atom. The first-order valence-corrected chi connectivity index (χ1v) is 8.53. The van der Waals surface area contributed by atoms with Crippen LogP contribution in [0.15, 0.2) is 22.8 Å². The Balaban J connectivity index is 1.44. The summed E-state index contributed by atoms with van der Waals surface area (Å²) in [4.78, 5) is 28.5. The maximum absolute atomic E-state index is 12.4. The first-order valence-electron chi connectivity index (χ1n) is 8.53. The number of carbonyl (C=O) groups is 2. The fraction of sp³-hybridized carbons (Fsp3) is 0.647. The second-order valence-corrected chi connectivity index (χ2v) is 6.50. The monoisotopic (exact) mass is 335 g/mol. The van der Waals surface area contributed by atoms with Crippen molar-refractivity contribution < 1.29 is 18.7 Å². The molecule has 2 amide bonds. The molecular weight excluding hydrogens is 310 g/mol. The maximum Gasteiger partial charge on any atom is 0.225 e. The Morgan fingerprint density at radius 3 is 2.92 bits per heavy atom. The van der Waals surface area contributed by atoms with E-state index < -0.39 is 0 Å². The lowest BCUT2D eigenvalue weighted by Crippen LogP contribution is -2.48. The molecule has 2 aliphatic heterocycles. The van der Waals surface area contributed by atoms with Crippen LogP contribution in [0, 0.1) is 5.92 Å². The Labute approximate surface area is 141 Å². The van der Waals surface area contributed by atoms with E-state index in [0.29, 0.717) is 19.6 Å². The quantitative estimate of drug-likeness (QED) is 0.818. The van der Waals surface area contributed by atoms with Gasteiger partial charge >= 0.3 is 0 Å². The molecule has 1 N–H and O–H groups in total. The van der Waals surface area contributed by atoms with Crippen LogP contribution in [-0.2, 0) is 20.9 Å². The fourth-order valence-electron chi connectivity index (χ4n) is 3.23. The zero-order chi connectivity index (χ0) is 16.9. The Bertz CT molecular complexity index is 554. The SMILES string of the molecule is CC(CNC(=O)C1CC(=O)N(Cc2ccco2)C1)N1CCOCC1. The average Bonchev–Trinajstić information content (AvgIpc) is 3.24. The third kappa shape index (κ3) is 4.15. The van der Waals surface area contributed by atoms with E-state index in [9.17, 15) is 9.59 Å². The molecule has 2 unspecified atom stereocenters. The van der Waals surface area contributed by atoms with Crippen molar-refractivity contribution in [1.82, 2.24) is 15.1 Å². The Hall–Kier alpha value is -1.86. The lowest BCUT2D eigenvalue weighted by Gasteiger charge is -2.32. The van der Waals surface area contributed by atoms with Gasteiger partial charge in [-0.2, -0.15) is 0 Å². The molecule has 0 aromatic carbocycles. The van der Waals surface area contributed by atoms with Gasteiger partial charge in [-0.1, -0.05) is 0 Å². The molecule has 7 nitrogen and oxygen atoms in total. The molecule has 2 aliphatic rings. The van der Waals surface area contributed by atoms with Crippen molar-refractivity contribution in [3.63, 3.8) is 0 Å². The standard InChI is InChI=1S/C17H25N3O4/c1-13(19-4-7-23-8-5-19)10-18-17(22)14-9-16(21)20(11-14)12-15-3-2-6-24-15/h2-3,6,13-14H,4-5,7-12H2,1H3,(H,18,22). The summed E-state index contributed by atoms with van der Waals surface area (Å²) in [7, 11) is 0. The second kappa shape index (κ2) is 7.81. The summed E-state index contributed by atoms with van der Waals surface area (Å²) in [6, 6.07) is 3.91. The van der Waals surface area contributed by atoms with E-state index in [1.165, 1.54) is 0 Å². The number of likely N-dealkylation sites (tertiary alicyclic amines) is 1. The first-order chi connectivity index (χ1) is 11.6. The molecule has 1 aromatic heterocycles. The van der Waals surface area contributed by atoms with Gasteiger partial charge < -0.3 is 19.4 Å². The molecule has 2 saturated heterocycles. The van der Waals surface area contributed by atoms with Crippen LogP contribution in [0.3, 0.4) is 0 Å². The highest BCUT2D eigenvalue weighted by atomic mass is 16.5. The molecule has 24 heavy (non-hydrogen) atoms. The molecule has 1 aromatic rings. The molecular formula is C17H25N3O4. The minimum absolute atomic E-state index is 0.00720. The average molecular weight is 335 g/mol. The number of carbonyl (C=O) groups excluding carboxylic acids is 2. The number of furan rings is 1. The molecule has 132 valence electrons. The van der Waals surface area contributed by atoms with Crippen molar-refractivity contribution in [1.29, 1.82) is 0 Å². The van der Waals surface area contributed by atoms with Gasteiger partial charge in [0, 0.05) is 38.6 Å². The van der Waals surface area contributed by atoms with Crippen molar-refractivity contribution in [2.75, 3.05) is 39.4 Å². The summed E-state index contributed by atoms with van der Waals surface area (Å²) in [6.07, 6.45) is 1.87. The van der Waals surface area contributed by atoms with Crippen LogP contribution in [-0.4, -0.2) is 67.0 Å². The Kier molecular flexibility index (Phi) is 5.52. The molecule has 3 heterocycles. The fourth-order valence-corrected chi connectivity index (χ4v) is 3.23. The largest absolute Gasteiger partial charge is 0.467 e. The van der Waals surface area contributed by atoms with Crippen LogP contribution < -0.4 is 5.32 Å². The zero-order valence-electron chi connectivity index (χ0n) is 14.1. The van der Waals surface area contributed by atoms with Crippen molar-refractivity contribution in [3.8, 4) is 0 Å². The molecule has 7 heteroatoms. The smallest absolute Gasteiger partial charge is 0.225 e. The van der Waals surface area contributed by atoms with E-state index in [1.54, 1.807) is 17.2 Å². The van der Waals surface area contributed by atoms with Gasteiger partial charge in [0.1, 0.15) is 5.76 Å². The third-order valence-electron chi connectivity index (χ3n) is 4.75. The minimum Gasteiger partial charge on any atom is -0.467 e. The molecule has 0 bridgehead atoms. The van der Waals surface area contributed by atoms with E-state index in [-0.39, 0.29) is 30.2 Å². The summed E-state index contributed by atoms with van der Waals surface area (Å²) < 4.78 is 10.6. The van der Waals surface area contributed by atoms with E-state index in [1.807, 2.05) is 6.07 Å². The van der Waals surface area contributed by atoms with Gasteiger partial charge in [0.05, 0.1) is 31.9 Å². The number of morpholine rings is 1. The lowest BCUT2D eigenvalue weighted by atomic mass is 10.1. The van der Waals surface area contributed by atoms with E-state index >= 15 is 0 Å². The van der Waals surface area contributed by atoms with E-state index in [4.69, 9.17) is 9.15 Å². The van der Waals surface area contributed by atoms with Crippen LogP contribution in [0.25, 0.3) is 0 Å². The highest BCUT2D eigenvalue weighted by Gasteiger charge is 2.34.